The number of rotatable bonds is 2. The van der Waals surface area contributed by atoms with Crippen LogP contribution in [0.3, 0.4) is 0 Å². The van der Waals surface area contributed by atoms with E-state index in [2.05, 4.69) is 28.9 Å². The highest BCUT2D eigenvalue weighted by molar-refractivity contribution is 9.11. The summed E-state index contributed by atoms with van der Waals surface area (Å²) in [4.78, 5) is 1.24. The van der Waals surface area contributed by atoms with Crippen LogP contribution in [-0.2, 0) is 0 Å². The molecule has 1 unspecified atom stereocenters. The van der Waals surface area contributed by atoms with Gasteiger partial charge in [-0.1, -0.05) is 23.7 Å². The lowest BCUT2D eigenvalue weighted by molar-refractivity contribution is 1.13. The average molecular weight is 336 g/mol. The van der Waals surface area contributed by atoms with E-state index in [9.17, 15) is 0 Å². The Kier molecular flexibility index (Phi) is 3.96. The molecule has 0 amide bonds. The fourth-order valence-corrected chi connectivity index (χ4v) is 3.83. The molecule has 0 fully saturated rings. The lowest BCUT2D eigenvalue weighted by atomic mass is 10.1. The smallest absolute Gasteiger partial charge is 0.0846 e. The molecule has 2 rings (SSSR count). The van der Waals surface area contributed by atoms with Crippen molar-refractivity contribution in [2.45, 2.75) is 12.3 Å². The van der Waals surface area contributed by atoms with Crippen molar-refractivity contribution in [3.05, 3.63) is 55.1 Å². The molecule has 1 atom stereocenters. The minimum atomic E-state index is -0.111. The van der Waals surface area contributed by atoms with E-state index in [0.717, 1.165) is 19.9 Å². The van der Waals surface area contributed by atoms with Crippen molar-refractivity contribution in [2.24, 2.45) is 0 Å². The predicted molar refractivity (Wildman–Crippen MR) is 75.9 cm³/mol. The fraction of sp³-hybridized carbons (Fsp3) is 0.167. The molecule has 1 heterocycles. The first-order valence-electron chi connectivity index (χ1n) is 4.73. The van der Waals surface area contributed by atoms with Crippen LogP contribution in [0.4, 0.5) is 0 Å². The molecule has 1 aromatic carbocycles. The largest absolute Gasteiger partial charge is 0.133 e. The molecule has 0 spiro atoms. The van der Waals surface area contributed by atoms with Crippen LogP contribution in [0.15, 0.2) is 34.1 Å². The maximum Gasteiger partial charge on any atom is 0.0846 e. The van der Waals surface area contributed by atoms with Crippen LogP contribution < -0.4 is 0 Å². The standard InChI is InChI=1S/C12H9BrCl2S/c1-7-10(6-11(13)16-7)12(15)8-2-4-9(14)5-3-8/h2-6,12H,1H3. The SMILES string of the molecule is Cc1sc(Br)cc1C(Cl)c1ccc(Cl)cc1. The van der Waals surface area contributed by atoms with Crippen molar-refractivity contribution in [2.75, 3.05) is 0 Å². The number of alkyl halides is 1. The highest BCUT2D eigenvalue weighted by Gasteiger charge is 2.15. The summed E-state index contributed by atoms with van der Waals surface area (Å²) >= 11 is 17.5. The first-order chi connectivity index (χ1) is 7.58. The number of thiophene rings is 1. The zero-order chi connectivity index (χ0) is 11.7. The molecule has 1 aromatic heterocycles. The topological polar surface area (TPSA) is 0 Å². The Labute approximate surface area is 117 Å². The second kappa shape index (κ2) is 5.09. The molecule has 16 heavy (non-hydrogen) atoms. The summed E-state index contributed by atoms with van der Waals surface area (Å²) in [7, 11) is 0. The zero-order valence-electron chi connectivity index (χ0n) is 8.51. The van der Waals surface area contributed by atoms with Crippen molar-refractivity contribution < 1.29 is 0 Å². The molecule has 0 radical (unpaired) electrons. The van der Waals surface area contributed by atoms with Gasteiger partial charge in [0.25, 0.3) is 0 Å². The van der Waals surface area contributed by atoms with Gasteiger partial charge in [0.05, 0.1) is 9.16 Å². The number of halogens is 3. The van der Waals surface area contributed by atoms with Gasteiger partial charge in [0.15, 0.2) is 0 Å². The maximum atomic E-state index is 6.45. The Morgan fingerprint density at radius 3 is 2.38 bits per heavy atom. The maximum absolute atomic E-state index is 6.45. The van der Waals surface area contributed by atoms with E-state index < -0.39 is 0 Å². The van der Waals surface area contributed by atoms with Crippen LogP contribution in [0.25, 0.3) is 0 Å². The minimum absolute atomic E-state index is 0.111. The number of benzene rings is 1. The molecule has 4 heteroatoms. The van der Waals surface area contributed by atoms with E-state index in [4.69, 9.17) is 23.2 Å². The Hall–Kier alpha value is -0.0200. The second-order valence-corrected chi connectivity index (χ2v) is 6.98. The first-order valence-corrected chi connectivity index (χ1v) is 7.15. The molecule has 0 aliphatic heterocycles. The Morgan fingerprint density at radius 2 is 1.88 bits per heavy atom. The van der Waals surface area contributed by atoms with Gasteiger partial charge < -0.3 is 0 Å². The van der Waals surface area contributed by atoms with Crippen molar-refractivity contribution in [3.63, 3.8) is 0 Å². The van der Waals surface area contributed by atoms with E-state index >= 15 is 0 Å². The molecule has 0 saturated heterocycles. The fourth-order valence-electron chi connectivity index (χ4n) is 1.52. The summed E-state index contributed by atoms with van der Waals surface area (Å²) < 4.78 is 1.11. The molecule has 0 N–H and O–H groups in total. The third-order valence-corrected chi connectivity index (χ3v) is 4.67. The van der Waals surface area contributed by atoms with E-state index in [1.165, 1.54) is 4.88 Å². The molecule has 0 aliphatic rings. The molecular weight excluding hydrogens is 327 g/mol. The summed E-state index contributed by atoms with van der Waals surface area (Å²) in [6.07, 6.45) is 0. The average Bonchev–Trinajstić information content (AvgIpc) is 2.58. The third kappa shape index (κ3) is 2.62. The first kappa shape index (κ1) is 12.4. The van der Waals surface area contributed by atoms with Crippen LogP contribution in [0.5, 0.6) is 0 Å². The monoisotopic (exact) mass is 334 g/mol. The van der Waals surface area contributed by atoms with E-state index in [-0.39, 0.29) is 5.38 Å². The Morgan fingerprint density at radius 1 is 1.25 bits per heavy atom. The van der Waals surface area contributed by atoms with Crippen molar-refractivity contribution in [1.29, 1.82) is 0 Å². The normalized spacial score (nSPS) is 12.8. The van der Waals surface area contributed by atoms with Crippen molar-refractivity contribution in [3.8, 4) is 0 Å². The van der Waals surface area contributed by atoms with Gasteiger partial charge in [-0.15, -0.1) is 22.9 Å². The molecule has 84 valence electrons. The van der Waals surface area contributed by atoms with Gasteiger partial charge >= 0.3 is 0 Å². The van der Waals surface area contributed by atoms with E-state index in [0.29, 0.717) is 0 Å². The number of hydrogen-bond donors (Lipinski definition) is 0. The van der Waals surface area contributed by atoms with Crippen LogP contribution in [-0.4, -0.2) is 0 Å². The summed E-state index contributed by atoms with van der Waals surface area (Å²) in [5, 5.41) is 0.621. The van der Waals surface area contributed by atoms with Crippen LogP contribution in [0.1, 0.15) is 21.4 Å². The molecule has 2 aromatic rings. The lowest BCUT2D eigenvalue weighted by Crippen LogP contribution is -1.92. The Balaban J connectivity index is 2.35. The lowest BCUT2D eigenvalue weighted by Gasteiger charge is -2.09. The second-order valence-electron chi connectivity index (χ2n) is 3.48. The summed E-state index contributed by atoms with van der Waals surface area (Å²) in [5.41, 5.74) is 2.22. The van der Waals surface area contributed by atoms with Crippen LogP contribution in [0.2, 0.25) is 5.02 Å². The molecule has 0 bridgehead atoms. The van der Waals surface area contributed by atoms with Gasteiger partial charge in [0.2, 0.25) is 0 Å². The third-order valence-electron chi connectivity index (χ3n) is 2.36. The quantitative estimate of drug-likeness (QED) is 0.608. The van der Waals surface area contributed by atoms with Crippen molar-refractivity contribution >= 4 is 50.5 Å². The van der Waals surface area contributed by atoms with Crippen LogP contribution in [0, 0.1) is 6.92 Å². The summed E-state index contributed by atoms with van der Waals surface area (Å²) in [5.74, 6) is 0. The number of aryl methyl sites for hydroxylation is 1. The molecule has 0 nitrogen and oxygen atoms in total. The van der Waals surface area contributed by atoms with Gasteiger partial charge in [-0.3, -0.25) is 0 Å². The minimum Gasteiger partial charge on any atom is -0.133 e. The molecular formula is C12H9BrCl2S. The Bertz CT molecular complexity index is 490. The van der Waals surface area contributed by atoms with Gasteiger partial charge in [-0.05, 0) is 52.2 Å². The zero-order valence-corrected chi connectivity index (χ0v) is 12.4. The van der Waals surface area contributed by atoms with E-state index in [1.54, 1.807) is 11.3 Å². The number of hydrogen-bond acceptors (Lipinski definition) is 1. The van der Waals surface area contributed by atoms with Gasteiger partial charge in [0, 0.05) is 9.90 Å². The van der Waals surface area contributed by atoms with E-state index in [1.807, 2.05) is 24.3 Å². The van der Waals surface area contributed by atoms with Crippen molar-refractivity contribution in [1.82, 2.24) is 0 Å². The molecule has 0 aliphatic carbocycles. The van der Waals surface area contributed by atoms with Crippen LogP contribution >= 0.6 is 50.5 Å². The summed E-state index contributed by atoms with van der Waals surface area (Å²) in [6.45, 7) is 2.08. The summed E-state index contributed by atoms with van der Waals surface area (Å²) in [6, 6.07) is 9.73. The highest BCUT2D eigenvalue weighted by atomic mass is 79.9. The molecule has 0 saturated carbocycles. The predicted octanol–water partition coefficient (Wildman–Crippen LogP) is 5.80. The van der Waals surface area contributed by atoms with Gasteiger partial charge in [0.1, 0.15) is 0 Å². The highest BCUT2D eigenvalue weighted by Crippen LogP contribution is 2.37. The van der Waals surface area contributed by atoms with Gasteiger partial charge in [-0.25, -0.2) is 0 Å². The van der Waals surface area contributed by atoms with Gasteiger partial charge in [-0.2, -0.15) is 0 Å².